The second-order valence-corrected chi connectivity index (χ2v) is 13.6. The van der Waals surface area contributed by atoms with Gasteiger partial charge in [-0.15, -0.1) is 0 Å². The third kappa shape index (κ3) is 8.68. The number of carbonyl (C=O) groups excluding carboxylic acids is 4. The molecule has 2 aliphatic rings. The van der Waals surface area contributed by atoms with E-state index in [4.69, 9.17) is 18.9 Å². The standard InChI is InChI=1S/C43H41N7O8/c1-24(46-40(51)37(49-42(53)55-3)26-11-7-5-8-12-26)31-19-30(22-44-31)28-15-17-33-35(20-28)57-34-18-16-29(21-36(34)58-33)32-23-45-39(48-32)25(2)47-41(52)38(50-43(54)56-4)27-13-9-6-10-14-27/h5-18,20-25,37-38H,19H2,1-4H3,(H,45,48)(H,46,51)(H,47,52)(H,49,53)(H,50,54)/t24-,25-,37+,38+/m0/s1. The molecule has 15 heteroatoms. The number of H-pyrrole nitrogens is 1. The summed E-state index contributed by atoms with van der Waals surface area (Å²) in [6.45, 7) is 3.64. The molecule has 4 aromatic carbocycles. The fourth-order valence-corrected chi connectivity index (χ4v) is 6.53. The lowest BCUT2D eigenvalue weighted by atomic mass is 9.99. The van der Waals surface area contributed by atoms with E-state index < -0.39 is 48.2 Å². The highest BCUT2D eigenvalue weighted by Crippen LogP contribution is 2.47. The lowest BCUT2D eigenvalue weighted by Gasteiger charge is -2.22. The highest BCUT2D eigenvalue weighted by molar-refractivity contribution is 6.03. The first-order chi connectivity index (χ1) is 28.1. The lowest BCUT2D eigenvalue weighted by molar-refractivity contribution is -0.124. The summed E-state index contributed by atoms with van der Waals surface area (Å²) in [6.07, 6.45) is 2.50. The summed E-state index contributed by atoms with van der Waals surface area (Å²) >= 11 is 0. The number of methoxy groups -OCH3 is 2. The molecule has 3 heterocycles. The molecule has 58 heavy (non-hydrogen) atoms. The molecular formula is C43H41N7O8. The number of hydrogen-bond acceptors (Lipinski definition) is 10. The normalized spacial score (nSPS) is 14.6. The second-order valence-electron chi connectivity index (χ2n) is 13.6. The van der Waals surface area contributed by atoms with E-state index in [0.29, 0.717) is 52.1 Å². The van der Waals surface area contributed by atoms with Gasteiger partial charge in [0, 0.05) is 23.9 Å². The van der Waals surface area contributed by atoms with Gasteiger partial charge in [0.25, 0.3) is 0 Å². The molecule has 1 aromatic heterocycles. The minimum absolute atomic E-state index is 0.392. The maximum Gasteiger partial charge on any atom is 0.407 e. The second kappa shape index (κ2) is 17.2. The van der Waals surface area contributed by atoms with Crippen LogP contribution < -0.4 is 30.7 Å². The Hall–Kier alpha value is -7.42. The number of aromatic nitrogens is 2. The summed E-state index contributed by atoms with van der Waals surface area (Å²) in [7, 11) is 2.48. The summed E-state index contributed by atoms with van der Waals surface area (Å²) in [4.78, 5) is 63.0. The molecule has 0 radical (unpaired) electrons. The van der Waals surface area contributed by atoms with Crippen LogP contribution in [0.4, 0.5) is 9.59 Å². The fraction of sp³-hybridized carbons (Fsp3) is 0.209. The van der Waals surface area contributed by atoms with Crippen LogP contribution in [0.25, 0.3) is 16.8 Å². The van der Waals surface area contributed by atoms with Crippen LogP contribution in [0, 0.1) is 0 Å². The molecule has 0 aliphatic carbocycles. The van der Waals surface area contributed by atoms with Gasteiger partial charge in [-0.05, 0) is 66.4 Å². The molecule has 2 aliphatic heterocycles. The number of alkyl carbamates (subject to hydrolysis) is 2. The van der Waals surface area contributed by atoms with Crippen LogP contribution in [0.15, 0.2) is 114 Å². The van der Waals surface area contributed by atoms with Gasteiger partial charge in [0.1, 0.15) is 17.9 Å². The molecule has 0 saturated carbocycles. The average molecular weight is 784 g/mol. The Bertz CT molecular complexity index is 2400. The molecule has 4 atom stereocenters. The van der Waals surface area contributed by atoms with Crippen LogP contribution in [0.1, 0.15) is 60.9 Å². The van der Waals surface area contributed by atoms with Crippen LogP contribution in [0.3, 0.4) is 0 Å². The number of nitrogens with zero attached hydrogens (tertiary/aromatic N) is 2. The van der Waals surface area contributed by atoms with Crippen molar-refractivity contribution >= 4 is 35.3 Å². The van der Waals surface area contributed by atoms with E-state index in [0.717, 1.165) is 22.4 Å². The number of carbonyl (C=O) groups is 4. The number of ether oxygens (including phenoxy) is 4. The third-order valence-electron chi connectivity index (χ3n) is 9.68. The molecule has 7 rings (SSSR count). The smallest absolute Gasteiger partial charge is 0.407 e. The first-order valence-corrected chi connectivity index (χ1v) is 18.4. The van der Waals surface area contributed by atoms with Crippen molar-refractivity contribution < 1.29 is 38.1 Å². The molecule has 296 valence electrons. The van der Waals surface area contributed by atoms with Gasteiger partial charge in [-0.1, -0.05) is 66.7 Å². The van der Waals surface area contributed by atoms with Crippen molar-refractivity contribution in [1.82, 2.24) is 31.2 Å². The van der Waals surface area contributed by atoms with Crippen molar-refractivity contribution in [3.8, 4) is 34.3 Å². The Balaban J connectivity index is 0.969. The van der Waals surface area contributed by atoms with Crippen LogP contribution in [-0.4, -0.2) is 59.9 Å². The number of benzene rings is 4. The zero-order chi connectivity index (χ0) is 40.8. The molecule has 0 unspecified atom stereocenters. The molecule has 4 amide bonds. The SMILES string of the molecule is COC(=O)N[C@@H](C(=O)N[C@@H](C)C1=NC=C(c2ccc3c(c2)Oc2ccc(-c4cnc([C@H](C)NC(=O)[C@H](NC(=O)OC)c5ccccc5)[nH]4)cc2O3)C1)c1ccccc1. The van der Waals surface area contributed by atoms with E-state index in [-0.39, 0.29) is 0 Å². The van der Waals surface area contributed by atoms with Gasteiger partial charge in [0.2, 0.25) is 11.8 Å². The molecule has 5 N–H and O–H groups in total. The van der Waals surface area contributed by atoms with E-state index in [1.165, 1.54) is 14.2 Å². The van der Waals surface area contributed by atoms with Crippen molar-refractivity contribution in [2.24, 2.45) is 4.99 Å². The van der Waals surface area contributed by atoms with E-state index in [2.05, 4.69) is 36.2 Å². The average Bonchev–Trinajstić information content (AvgIpc) is 3.96. The number of hydrogen-bond donors (Lipinski definition) is 5. The Labute approximate surface area is 333 Å². The van der Waals surface area contributed by atoms with Gasteiger partial charge in [-0.3, -0.25) is 14.6 Å². The van der Waals surface area contributed by atoms with Crippen molar-refractivity contribution in [2.75, 3.05) is 14.2 Å². The van der Waals surface area contributed by atoms with E-state index in [1.807, 2.05) is 55.5 Å². The van der Waals surface area contributed by atoms with E-state index in [9.17, 15) is 19.2 Å². The predicted molar refractivity (Wildman–Crippen MR) is 214 cm³/mol. The number of amides is 4. The number of allylic oxidation sites excluding steroid dienone is 1. The minimum Gasteiger partial charge on any atom is -0.453 e. The number of rotatable bonds is 12. The van der Waals surface area contributed by atoms with Gasteiger partial charge in [-0.25, -0.2) is 14.6 Å². The van der Waals surface area contributed by atoms with Crippen LogP contribution in [0.2, 0.25) is 0 Å². The van der Waals surface area contributed by atoms with Crippen molar-refractivity contribution in [1.29, 1.82) is 0 Å². The highest BCUT2D eigenvalue weighted by Gasteiger charge is 2.29. The summed E-state index contributed by atoms with van der Waals surface area (Å²) < 4.78 is 22.0. The molecular weight excluding hydrogens is 743 g/mol. The lowest BCUT2D eigenvalue weighted by Crippen LogP contribution is -2.45. The maximum atomic E-state index is 13.3. The fourth-order valence-electron chi connectivity index (χ4n) is 6.53. The van der Waals surface area contributed by atoms with Gasteiger partial charge < -0.3 is 45.2 Å². The quantitative estimate of drug-likeness (QED) is 0.0866. The van der Waals surface area contributed by atoms with Crippen molar-refractivity contribution in [3.63, 3.8) is 0 Å². The van der Waals surface area contributed by atoms with Gasteiger partial charge in [0.15, 0.2) is 23.0 Å². The Morgan fingerprint density at radius 2 is 1.17 bits per heavy atom. The Morgan fingerprint density at radius 3 is 1.72 bits per heavy atom. The zero-order valence-electron chi connectivity index (χ0n) is 32.1. The summed E-state index contributed by atoms with van der Waals surface area (Å²) in [6, 6.07) is 26.2. The van der Waals surface area contributed by atoms with E-state index >= 15 is 0 Å². The molecule has 15 nitrogen and oxygen atoms in total. The van der Waals surface area contributed by atoms with Gasteiger partial charge in [0.05, 0.1) is 38.2 Å². The molecule has 0 fully saturated rings. The van der Waals surface area contributed by atoms with Crippen LogP contribution >= 0.6 is 0 Å². The molecule has 5 aromatic rings. The highest BCUT2D eigenvalue weighted by atomic mass is 16.6. The van der Waals surface area contributed by atoms with Gasteiger partial charge in [-0.2, -0.15) is 0 Å². The largest absolute Gasteiger partial charge is 0.453 e. The summed E-state index contributed by atoms with van der Waals surface area (Å²) in [5, 5.41) is 11.1. The number of imidazole rings is 1. The maximum absolute atomic E-state index is 13.3. The number of aliphatic imine (C=N–C) groups is 1. The Kier molecular flexibility index (Phi) is 11.5. The third-order valence-corrected chi connectivity index (χ3v) is 9.68. The van der Waals surface area contributed by atoms with Crippen LogP contribution in [-0.2, 0) is 19.1 Å². The van der Waals surface area contributed by atoms with Crippen molar-refractivity contribution in [2.45, 2.75) is 44.4 Å². The monoisotopic (exact) mass is 783 g/mol. The predicted octanol–water partition coefficient (Wildman–Crippen LogP) is 7.04. The number of nitrogens with one attached hydrogen (secondary N) is 5. The Morgan fingerprint density at radius 1 is 0.655 bits per heavy atom. The minimum atomic E-state index is -0.968. The van der Waals surface area contributed by atoms with E-state index in [1.54, 1.807) is 67.9 Å². The summed E-state index contributed by atoms with van der Waals surface area (Å²) in [5.74, 6) is 1.81. The van der Waals surface area contributed by atoms with Crippen molar-refractivity contribution in [3.05, 3.63) is 132 Å². The molecule has 0 spiro atoms. The zero-order valence-corrected chi connectivity index (χ0v) is 32.1. The first-order valence-electron chi connectivity index (χ1n) is 18.4. The van der Waals surface area contributed by atoms with Gasteiger partial charge >= 0.3 is 12.2 Å². The first kappa shape index (κ1) is 38.8. The van der Waals surface area contributed by atoms with Crippen LogP contribution in [0.5, 0.6) is 23.0 Å². The topological polar surface area (TPSA) is 194 Å². The number of aromatic amines is 1. The molecule has 0 saturated heterocycles. The summed E-state index contributed by atoms with van der Waals surface area (Å²) in [5.41, 5.74) is 5.28. The molecule has 0 bridgehead atoms. The number of fused-ring (bicyclic) bond motifs is 2.